The molecule has 0 saturated heterocycles. The van der Waals surface area contributed by atoms with Crippen molar-refractivity contribution in [1.82, 2.24) is 0 Å². The number of rotatable bonds is 5. The summed E-state index contributed by atoms with van der Waals surface area (Å²) in [5, 5.41) is 5.46. The van der Waals surface area contributed by atoms with E-state index in [0.29, 0.717) is 0 Å². The molecule has 0 aliphatic rings. The molecule has 0 unspecified atom stereocenters. The Morgan fingerprint density at radius 1 is 0.679 bits per heavy atom. The summed E-state index contributed by atoms with van der Waals surface area (Å²) in [4.78, 5) is 0. The highest BCUT2D eigenvalue weighted by Crippen LogP contribution is 2.21. The van der Waals surface area contributed by atoms with E-state index in [1.165, 1.54) is 58.4 Å². The maximum Gasteiger partial charge on any atom is -0.0152 e. The summed E-state index contributed by atoms with van der Waals surface area (Å²) in [6.45, 7) is 6.77. The Bertz CT molecular complexity index is 1010. The van der Waals surface area contributed by atoms with Gasteiger partial charge in [-0.25, -0.2) is 0 Å². The highest BCUT2D eigenvalue weighted by atomic mass is 14.1. The summed E-state index contributed by atoms with van der Waals surface area (Å²) in [6, 6.07) is 30.5. The van der Waals surface area contributed by atoms with Gasteiger partial charge in [-0.2, -0.15) is 0 Å². The summed E-state index contributed by atoms with van der Waals surface area (Å²) >= 11 is 0. The van der Waals surface area contributed by atoms with Gasteiger partial charge in [-0.05, 0) is 57.9 Å². The fraction of sp³-hybridized carbons (Fsp3) is 0.286. The van der Waals surface area contributed by atoms with Crippen LogP contribution in [0, 0.1) is 5.92 Å². The van der Waals surface area contributed by atoms with Crippen LogP contribution >= 0.6 is 0 Å². The quantitative estimate of drug-likeness (QED) is 0.333. The first-order chi connectivity index (χ1) is 13.7. The molecule has 0 amide bonds. The lowest BCUT2D eigenvalue weighted by atomic mass is 9.97. The van der Waals surface area contributed by atoms with E-state index in [-0.39, 0.29) is 0 Å². The van der Waals surface area contributed by atoms with E-state index >= 15 is 0 Å². The van der Waals surface area contributed by atoms with Crippen molar-refractivity contribution in [2.45, 2.75) is 46.5 Å². The molecule has 0 nitrogen and oxygen atoms in total. The van der Waals surface area contributed by atoms with E-state index in [9.17, 15) is 0 Å². The van der Waals surface area contributed by atoms with Crippen LogP contribution in [0.3, 0.4) is 0 Å². The van der Waals surface area contributed by atoms with Crippen molar-refractivity contribution in [2.75, 3.05) is 0 Å². The number of benzene rings is 4. The highest BCUT2D eigenvalue weighted by Gasteiger charge is 2.01. The predicted octanol–water partition coefficient (Wildman–Crippen LogP) is 8.22. The van der Waals surface area contributed by atoms with Crippen LogP contribution in [-0.2, 0) is 12.8 Å². The van der Waals surface area contributed by atoms with Gasteiger partial charge in [0.1, 0.15) is 0 Å². The van der Waals surface area contributed by atoms with Gasteiger partial charge < -0.3 is 0 Å². The van der Waals surface area contributed by atoms with Crippen LogP contribution in [0.15, 0.2) is 84.9 Å². The molecule has 0 saturated carbocycles. The van der Waals surface area contributed by atoms with Crippen molar-refractivity contribution < 1.29 is 0 Å². The molecule has 0 heteroatoms. The molecule has 0 spiro atoms. The minimum absolute atomic E-state index is 0.723. The van der Waals surface area contributed by atoms with E-state index < -0.39 is 0 Å². The minimum Gasteiger partial charge on any atom is -0.0654 e. The van der Waals surface area contributed by atoms with Gasteiger partial charge in [-0.15, -0.1) is 0 Å². The topological polar surface area (TPSA) is 0 Å². The number of unbranched alkanes of at least 4 members (excludes halogenated alkanes) is 1. The van der Waals surface area contributed by atoms with E-state index in [4.69, 9.17) is 0 Å². The van der Waals surface area contributed by atoms with Gasteiger partial charge in [0.05, 0.1) is 0 Å². The number of hydrogen-bond donors (Lipinski definition) is 0. The van der Waals surface area contributed by atoms with Crippen LogP contribution in [0.2, 0.25) is 0 Å². The molecule has 4 rings (SSSR count). The fourth-order valence-corrected chi connectivity index (χ4v) is 3.69. The maximum atomic E-state index is 2.31. The number of hydrogen-bond acceptors (Lipinski definition) is 0. The van der Waals surface area contributed by atoms with E-state index in [0.717, 1.165) is 5.92 Å². The molecule has 0 aliphatic heterocycles. The third-order valence-corrected chi connectivity index (χ3v) is 5.14. The van der Waals surface area contributed by atoms with Gasteiger partial charge in [0.25, 0.3) is 0 Å². The molecular formula is C28H32. The van der Waals surface area contributed by atoms with Crippen molar-refractivity contribution in [3.8, 4) is 0 Å². The Labute approximate surface area is 170 Å². The Morgan fingerprint density at radius 2 is 1.36 bits per heavy atom. The number of aryl methyl sites for hydroxylation is 1. The molecule has 0 radical (unpaired) electrons. The predicted molar refractivity (Wildman–Crippen MR) is 125 cm³/mol. The molecule has 0 fully saturated rings. The maximum absolute atomic E-state index is 2.31. The monoisotopic (exact) mass is 368 g/mol. The Balaban J connectivity index is 0.000000161. The largest absolute Gasteiger partial charge is 0.0654 e. The third-order valence-electron chi connectivity index (χ3n) is 5.14. The Morgan fingerprint density at radius 3 is 2.11 bits per heavy atom. The molecule has 0 atom stereocenters. The van der Waals surface area contributed by atoms with Crippen molar-refractivity contribution in [1.29, 1.82) is 0 Å². The summed E-state index contributed by atoms with van der Waals surface area (Å²) in [6.07, 6.45) is 4.94. The van der Waals surface area contributed by atoms with Crippen molar-refractivity contribution in [3.63, 3.8) is 0 Å². The molecule has 0 N–H and O–H groups in total. The highest BCUT2D eigenvalue weighted by molar-refractivity contribution is 5.85. The molecule has 4 aromatic rings. The van der Waals surface area contributed by atoms with Gasteiger partial charge in [0.15, 0.2) is 0 Å². The standard InChI is InChI=1S/2C14H16/c1-11(2)10-13-8-5-7-12-6-3-4-9-14(12)13;1-2-3-6-12-9-10-13-7-4-5-8-14(13)11-12/h3-9,11H,10H2,1-2H3;4-5,7-11H,2-3,6H2,1H3. The Kier molecular flexibility index (Phi) is 7.25. The average Bonchev–Trinajstić information content (AvgIpc) is 2.72. The number of fused-ring (bicyclic) bond motifs is 2. The third kappa shape index (κ3) is 5.45. The second-order valence-corrected chi connectivity index (χ2v) is 8.02. The lowest BCUT2D eigenvalue weighted by Crippen LogP contribution is -1.94. The second kappa shape index (κ2) is 10.1. The van der Waals surface area contributed by atoms with Crippen molar-refractivity contribution in [2.24, 2.45) is 5.92 Å². The molecule has 0 bridgehead atoms. The van der Waals surface area contributed by atoms with Crippen LogP contribution in [0.1, 0.15) is 44.7 Å². The van der Waals surface area contributed by atoms with Crippen LogP contribution in [0.4, 0.5) is 0 Å². The van der Waals surface area contributed by atoms with Gasteiger partial charge in [-0.1, -0.05) is 112 Å². The molecule has 0 aliphatic carbocycles. The molecular weight excluding hydrogens is 336 g/mol. The normalized spacial score (nSPS) is 10.9. The zero-order valence-electron chi connectivity index (χ0n) is 17.5. The lowest BCUT2D eigenvalue weighted by Gasteiger charge is -2.08. The zero-order valence-corrected chi connectivity index (χ0v) is 17.5. The summed E-state index contributed by atoms with van der Waals surface area (Å²) in [5.41, 5.74) is 2.93. The molecule has 4 aromatic carbocycles. The molecule has 144 valence electrons. The van der Waals surface area contributed by atoms with Crippen LogP contribution < -0.4 is 0 Å². The zero-order chi connectivity index (χ0) is 19.8. The SMILES string of the molecule is CC(C)Cc1cccc2ccccc12.CCCCc1ccc2ccccc2c1. The van der Waals surface area contributed by atoms with Gasteiger partial charge in [0.2, 0.25) is 0 Å². The first-order valence-corrected chi connectivity index (χ1v) is 10.6. The van der Waals surface area contributed by atoms with Crippen molar-refractivity contribution >= 4 is 21.5 Å². The van der Waals surface area contributed by atoms with Gasteiger partial charge in [-0.3, -0.25) is 0 Å². The molecule has 0 heterocycles. The molecule has 0 aromatic heterocycles. The first-order valence-electron chi connectivity index (χ1n) is 10.6. The van der Waals surface area contributed by atoms with Crippen LogP contribution in [0.25, 0.3) is 21.5 Å². The van der Waals surface area contributed by atoms with Crippen LogP contribution in [-0.4, -0.2) is 0 Å². The van der Waals surface area contributed by atoms with E-state index in [2.05, 4.69) is 106 Å². The summed E-state index contributed by atoms with van der Waals surface area (Å²) in [5.74, 6) is 0.723. The summed E-state index contributed by atoms with van der Waals surface area (Å²) in [7, 11) is 0. The minimum atomic E-state index is 0.723. The van der Waals surface area contributed by atoms with Crippen molar-refractivity contribution in [3.05, 3.63) is 96.1 Å². The summed E-state index contributed by atoms with van der Waals surface area (Å²) < 4.78 is 0. The van der Waals surface area contributed by atoms with E-state index in [1.54, 1.807) is 0 Å². The Hall–Kier alpha value is -2.60. The van der Waals surface area contributed by atoms with Gasteiger partial charge >= 0.3 is 0 Å². The first kappa shape index (κ1) is 20.1. The second-order valence-electron chi connectivity index (χ2n) is 8.02. The average molecular weight is 369 g/mol. The van der Waals surface area contributed by atoms with E-state index in [1.807, 2.05) is 0 Å². The fourth-order valence-electron chi connectivity index (χ4n) is 3.69. The van der Waals surface area contributed by atoms with Crippen LogP contribution in [0.5, 0.6) is 0 Å². The lowest BCUT2D eigenvalue weighted by molar-refractivity contribution is 0.650. The van der Waals surface area contributed by atoms with Gasteiger partial charge in [0, 0.05) is 0 Å². The molecule has 28 heavy (non-hydrogen) atoms. The smallest absolute Gasteiger partial charge is 0.0152 e.